The highest BCUT2D eigenvalue weighted by atomic mass is 16.4. The van der Waals surface area contributed by atoms with Gasteiger partial charge in [0.1, 0.15) is 0 Å². The van der Waals surface area contributed by atoms with Crippen molar-refractivity contribution >= 4 is 5.97 Å². The van der Waals surface area contributed by atoms with Crippen molar-refractivity contribution in [2.45, 2.75) is 33.4 Å². The lowest BCUT2D eigenvalue weighted by Crippen LogP contribution is -2.38. The Morgan fingerprint density at radius 1 is 1.44 bits per heavy atom. The maximum atomic E-state index is 11.9. The number of carboxylic acid groups (broad SMARTS) is 1. The van der Waals surface area contributed by atoms with E-state index in [-0.39, 0.29) is 12.1 Å². The van der Waals surface area contributed by atoms with Crippen molar-refractivity contribution in [3.05, 3.63) is 44.8 Å². The lowest BCUT2D eigenvalue weighted by Gasteiger charge is -2.07. The highest BCUT2D eigenvalue weighted by molar-refractivity contribution is 5.85. The van der Waals surface area contributed by atoms with Crippen LogP contribution in [0.4, 0.5) is 0 Å². The molecule has 6 heteroatoms. The molecule has 6 nitrogen and oxygen atoms in total. The second-order valence-electron chi connectivity index (χ2n) is 3.93. The topological polar surface area (TPSA) is 81.3 Å². The summed E-state index contributed by atoms with van der Waals surface area (Å²) < 4.78 is 2.45. The van der Waals surface area contributed by atoms with E-state index < -0.39 is 17.2 Å². The van der Waals surface area contributed by atoms with Crippen LogP contribution in [0.15, 0.2) is 33.5 Å². The van der Waals surface area contributed by atoms with Gasteiger partial charge >= 0.3 is 11.7 Å². The molecule has 0 saturated carbocycles. The van der Waals surface area contributed by atoms with Gasteiger partial charge in [-0.3, -0.25) is 9.36 Å². The van der Waals surface area contributed by atoms with Crippen LogP contribution in [0.25, 0.3) is 0 Å². The average Bonchev–Trinajstić information content (AvgIpc) is 2.32. The Hall–Kier alpha value is -2.11. The Labute approximate surface area is 104 Å². The number of aromatic nitrogens is 2. The molecule has 0 spiro atoms. The SMILES string of the molecule is CCCn1ccc(=O)n(CC=C(C)C(=O)O)c1=O. The maximum Gasteiger partial charge on any atom is 0.331 e. The lowest BCUT2D eigenvalue weighted by atomic mass is 10.3. The van der Waals surface area contributed by atoms with Gasteiger partial charge in [-0.25, -0.2) is 9.59 Å². The molecule has 1 rings (SSSR count). The molecule has 1 aromatic heterocycles. The van der Waals surface area contributed by atoms with Crippen LogP contribution in [0.2, 0.25) is 0 Å². The largest absolute Gasteiger partial charge is 0.478 e. The molecule has 0 aliphatic heterocycles. The van der Waals surface area contributed by atoms with Crippen molar-refractivity contribution in [3.63, 3.8) is 0 Å². The summed E-state index contributed by atoms with van der Waals surface area (Å²) in [6.07, 6.45) is 3.59. The summed E-state index contributed by atoms with van der Waals surface area (Å²) in [6, 6.07) is 1.31. The standard InChI is InChI=1S/C12H16N2O4/c1-3-6-13-7-5-10(15)14(12(13)18)8-4-9(2)11(16)17/h4-5,7H,3,6,8H2,1-2H3,(H,16,17). The summed E-state index contributed by atoms with van der Waals surface area (Å²) in [4.78, 5) is 34.1. The molecule has 1 aromatic rings. The van der Waals surface area contributed by atoms with Gasteiger partial charge in [-0.2, -0.15) is 0 Å². The Bertz CT molecular complexity index is 580. The fourth-order valence-corrected chi connectivity index (χ4v) is 1.45. The average molecular weight is 252 g/mol. The first-order valence-corrected chi connectivity index (χ1v) is 5.67. The molecule has 98 valence electrons. The molecule has 1 heterocycles. The third-order valence-electron chi connectivity index (χ3n) is 2.52. The van der Waals surface area contributed by atoms with Gasteiger partial charge in [0.15, 0.2) is 0 Å². The van der Waals surface area contributed by atoms with E-state index in [0.29, 0.717) is 6.54 Å². The zero-order valence-electron chi connectivity index (χ0n) is 10.4. The van der Waals surface area contributed by atoms with Crippen molar-refractivity contribution < 1.29 is 9.90 Å². The first-order chi connectivity index (χ1) is 8.47. The predicted molar refractivity (Wildman–Crippen MR) is 66.6 cm³/mol. The molecular weight excluding hydrogens is 236 g/mol. The molecule has 1 N–H and O–H groups in total. The van der Waals surface area contributed by atoms with E-state index in [4.69, 9.17) is 5.11 Å². The Kier molecular flexibility index (Phi) is 4.65. The summed E-state index contributed by atoms with van der Waals surface area (Å²) in [6.45, 7) is 3.85. The van der Waals surface area contributed by atoms with Crippen LogP contribution in [0.5, 0.6) is 0 Å². The van der Waals surface area contributed by atoms with Crippen LogP contribution >= 0.6 is 0 Å². The van der Waals surface area contributed by atoms with E-state index in [1.165, 1.54) is 29.8 Å². The third kappa shape index (κ3) is 3.19. The third-order valence-corrected chi connectivity index (χ3v) is 2.52. The number of aliphatic carboxylic acids is 1. The van der Waals surface area contributed by atoms with Crippen LogP contribution in [0.1, 0.15) is 20.3 Å². The van der Waals surface area contributed by atoms with E-state index in [2.05, 4.69) is 0 Å². The number of allylic oxidation sites excluding steroid dienone is 1. The summed E-state index contributed by atoms with van der Waals surface area (Å²) in [5, 5.41) is 8.70. The summed E-state index contributed by atoms with van der Waals surface area (Å²) >= 11 is 0. The van der Waals surface area contributed by atoms with E-state index in [0.717, 1.165) is 11.0 Å². The second-order valence-corrected chi connectivity index (χ2v) is 3.93. The predicted octanol–water partition coefficient (Wildman–Crippen LogP) is 0.451. The zero-order valence-corrected chi connectivity index (χ0v) is 10.4. The van der Waals surface area contributed by atoms with E-state index >= 15 is 0 Å². The number of nitrogens with zero attached hydrogens (tertiary/aromatic N) is 2. The van der Waals surface area contributed by atoms with Crippen molar-refractivity contribution in [2.24, 2.45) is 0 Å². The van der Waals surface area contributed by atoms with E-state index in [9.17, 15) is 14.4 Å². The minimum atomic E-state index is -1.06. The molecule has 0 aliphatic rings. The zero-order chi connectivity index (χ0) is 13.7. The Morgan fingerprint density at radius 2 is 2.11 bits per heavy atom. The van der Waals surface area contributed by atoms with Crippen LogP contribution < -0.4 is 11.2 Å². The number of aryl methyl sites for hydroxylation is 1. The fraction of sp³-hybridized carbons (Fsp3) is 0.417. The molecule has 0 radical (unpaired) electrons. The van der Waals surface area contributed by atoms with Crippen LogP contribution in [0.3, 0.4) is 0 Å². The van der Waals surface area contributed by atoms with Gasteiger partial charge in [0, 0.05) is 30.9 Å². The number of carboxylic acids is 1. The molecule has 18 heavy (non-hydrogen) atoms. The van der Waals surface area contributed by atoms with Crippen molar-refractivity contribution in [1.29, 1.82) is 0 Å². The number of rotatable bonds is 5. The van der Waals surface area contributed by atoms with Gasteiger partial charge < -0.3 is 9.67 Å². The van der Waals surface area contributed by atoms with Crippen LogP contribution in [-0.4, -0.2) is 20.2 Å². The quantitative estimate of drug-likeness (QED) is 0.771. The van der Waals surface area contributed by atoms with E-state index in [1.54, 1.807) is 0 Å². The van der Waals surface area contributed by atoms with Crippen LogP contribution in [0, 0.1) is 0 Å². The molecule has 0 aromatic carbocycles. The first-order valence-electron chi connectivity index (χ1n) is 5.67. The normalized spacial score (nSPS) is 11.6. The molecule has 0 atom stereocenters. The molecule has 0 aliphatic carbocycles. The van der Waals surface area contributed by atoms with Crippen molar-refractivity contribution in [1.82, 2.24) is 9.13 Å². The van der Waals surface area contributed by atoms with Crippen LogP contribution in [-0.2, 0) is 17.9 Å². The Morgan fingerprint density at radius 3 is 2.67 bits per heavy atom. The van der Waals surface area contributed by atoms with Gasteiger partial charge in [0.25, 0.3) is 5.56 Å². The number of carbonyl (C=O) groups is 1. The Balaban J connectivity index is 3.13. The monoisotopic (exact) mass is 252 g/mol. The molecular formula is C12H16N2O4. The molecule has 0 bridgehead atoms. The minimum Gasteiger partial charge on any atom is -0.478 e. The first kappa shape index (κ1) is 14.0. The lowest BCUT2D eigenvalue weighted by molar-refractivity contribution is -0.132. The molecule has 0 saturated heterocycles. The van der Waals surface area contributed by atoms with Gasteiger partial charge in [-0.1, -0.05) is 13.0 Å². The highest BCUT2D eigenvalue weighted by Gasteiger charge is 2.05. The van der Waals surface area contributed by atoms with Gasteiger partial charge in [0.05, 0.1) is 0 Å². The summed E-state index contributed by atoms with van der Waals surface area (Å²) in [5.74, 6) is -1.06. The van der Waals surface area contributed by atoms with Gasteiger partial charge in [0.2, 0.25) is 0 Å². The maximum absolute atomic E-state index is 11.9. The highest BCUT2D eigenvalue weighted by Crippen LogP contribution is 1.92. The number of hydrogen-bond acceptors (Lipinski definition) is 3. The fourth-order valence-electron chi connectivity index (χ4n) is 1.45. The van der Waals surface area contributed by atoms with Gasteiger partial charge in [-0.05, 0) is 13.3 Å². The summed E-state index contributed by atoms with van der Waals surface area (Å²) in [5.41, 5.74) is -0.743. The smallest absolute Gasteiger partial charge is 0.331 e. The minimum absolute atomic E-state index is 0.0274. The van der Waals surface area contributed by atoms with E-state index in [1.807, 2.05) is 6.92 Å². The van der Waals surface area contributed by atoms with Gasteiger partial charge in [-0.15, -0.1) is 0 Å². The summed E-state index contributed by atoms with van der Waals surface area (Å²) in [7, 11) is 0. The van der Waals surface area contributed by atoms with Crippen molar-refractivity contribution in [2.75, 3.05) is 0 Å². The number of hydrogen-bond donors (Lipinski definition) is 1. The van der Waals surface area contributed by atoms with Crippen molar-refractivity contribution in [3.8, 4) is 0 Å². The molecule has 0 amide bonds. The molecule has 0 unspecified atom stereocenters. The second kappa shape index (κ2) is 6.00. The molecule has 0 fully saturated rings.